The lowest BCUT2D eigenvalue weighted by Gasteiger charge is -2.14. The number of aromatic nitrogens is 1. The Morgan fingerprint density at radius 1 is 1.21 bits per heavy atom. The molecule has 0 aliphatic carbocycles. The number of amides is 1. The molecule has 8 heteroatoms. The van der Waals surface area contributed by atoms with Gasteiger partial charge in [-0.25, -0.2) is 0 Å². The molecule has 0 unspecified atom stereocenters. The molecule has 0 saturated carbocycles. The van der Waals surface area contributed by atoms with E-state index < -0.39 is 10.8 Å². The Morgan fingerprint density at radius 2 is 1.91 bits per heavy atom. The van der Waals surface area contributed by atoms with E-state index in [4.69, 9.17) is 4.74 Å². The van der Waals surface area contributed by atoms with Crippen molar-refractivity contribution in [2.75, 3.05) is 7.11 Å². The smallest absolute Gasteiger partial charge is 0.273 e. The molecule has 8 nitrogen and oxygen atoms in total. The SMILES string of the molecule is COc1cc([N+](=O)[O-])ccc1-n1c(C)cc(/C=C(/C#N)C(=O)N[C@H](C)c2ccccc2)c1C. The number of carbonyl (C=O) groups is 1. The van der Waals surface area contributed by atoms with Gasteiger partial charge in [-0.05, 0) is 50.1 Å². The largest absolute Gasteiger partial charge is 0.494 e. The minimum absolute atomic E-state index is 0.0197. The van der Waals surface area contributed by atoms with Gasteiger partial charge < -0.3 is 14.6 Å². The van der Waals surface area contributed by atoms with E-state index in [9.17, 15) is 20.2 Å². The van der Waals surface area contributed by atoms with Crippen molar-refractivity contribution in [2.45, 2.75) is 26.8 Å². The third-order valence-corrected chi connectivity index (χ3v) is 5.40. The van der Waals surface area contributed by atoms with Gasteiger partial charge in [-0.3, -0.25) is 14.9 Å². The van der Waals surface area contributed by atoms with Gasteiger partial charge in [0.25, 0.3) is 11.6 Å². The van der Waals surface area contributed by atoms with Crippen LogP contribution < -0.4 is 10.1 Å². The third-order valence-electron chi connectivity index (χ3n) is 5.40. The summed E-state index contributed by atoms with van der Waals surface area (Å²) in [6, 6.07) is 17.5. The Bertz CT molecular complexity index is 1270. The van der Waals surface area contributed by atoms with Crippen LogP contribution in [-0.4, -0.2) is 22.5 Å². The molecule has 0 bridgehead atoms. The summed E-state index contributed by atoms with van der Waals surface area (Å²) in [5.74, 6) is -0.122. The summed E-state index contributed by atoms with van der Waals surface area (Å²) >= 11 is 0. The number of hydrogen-bond donors (Lipinski definition) is 1. The quantitative estimate of drug-likeness (QED) is 0.244. The summed E-state index contributed by atoms with van der Waals surface area (Å²) in [5.41, 5.74) is 3.73. The summed E-state index contributed by atoms with van der Waals surface area (Å²) in [4.78, 5) is 23.4. The molecule has 1 aromatic heterocycles. The van der Waals surface area contributed by atoms with Crippen LogP contribution in [0.2, 0.25) is 0 Å². The van der Waals surface area contributed by atoms with Gasteiger partial charge in [0, 0.05) is 17.5 Å². The van der Waals surface area contributed by atoms with Crippen molar-refractivity contribution in [3.8, 4) is 17.5 Å². The van der Waals surface area contributed by atoms with E-state index in [1.54, 1.807) is 12.1 Å². The van der Waals surface area contributed by atoms with Gasteiger partial charge in [0.2, 0.25) is 0 Å². The van der Waals surface area contributed by atoms with Gasteiger partial charge in [0.1, 0.15) is 17.4 Å². The lowest BCUT2D eigenvalue weighted by atomic mass is 10.1. The highest BCUT2D eigenvalue weighted by Crippen LogP contribution is 2.32. The molecule has 1 N–H and O–H groups in total. The monoisotopic (exact) mass is 444 g/mol. The normalized spacial score (nSPS) is 12.0. The van der Waals surface area contributed by atoms with Crippen LogP contribution in [0.25, 0.3) is 11.8 Å². The van der Waals surface area contributed by atoms with Gasteiger partial charge >= 0.3 is 0 Å². The van der Waals surface area contributed by atoms with Gasteiger partial charge in [0.15, 0.2) is 0 Å². The molecule has 3 rings (SSSR count). The number of rotatable bonds is 7. The number of hydrogen-bond acceptors (Lipinski definition) is 5. The number of nitrogens with one attached hydrogen (secondary N) is 1. The number of nitriles is 1. The van der Waals surface area contributed by atoms with Gasteiger partial charge in [0.05, 0.1) is 29.8 Å². The van der Waals surface area contributed by atoms with Crippen molar-refractivity contribution in [1.29, 1.82) is 5.26 Å². The number of nitrogens with zero attached hydrogens (tertiary/aromatic N) is 3. The van der Waals surface area contributed by atoms with Crippen molar-refractivity contribution in [1.82, 2.24) is 9.88 Å². The van der Waals surface area contributed by atoms with Crippen LogP contribution in [0.3, 0.4) is 0 Å². The van der Waals surface area contributed by atoms with Crippen LogP contribution in [0, 0.1) is 35.3 Å². The summed E-state index contributed by atoms with van der Waals surface area (Å²) in [7, 11) is 1.45. The Hall–Kier alpha value is -4.38. The van der Waals surface area contributed by atoms with E-state index in [1.165, 1.54) is 19.2 Å². The topological polar surface area (TPSA) is 110 Å². The second kappa shape index (κ2) is 9.83. The molecule has 0 spiro atoms. The molecule has 3 aromatic rings. The van der Waals surface area contributed by atoms with E-state index in [-0.39, 0.29) is 17.3 Å². The summed E-state index contributed by atoms with van der Waals surface area (Å²) in [6.45, 7) is 5.57. The molecule has 0 aliphatic heterocycles. The summed E-state index contributed by atoms with van der Waals surface area (Å²) in [5, 5.41) is 23.6. The van der Waals surface area contributed by atoms with E-state index in [1.807, 2.05) is 67.8 Å². The fourth-order valence-electron chi connectivity index (χ4n) is 3.67. The first-order valence-corrected chi connectivity index (χ1v) is 10.3. The number of benzene rings is 2. The zero-order valence-corrected chi connectivity index (χ0v) is 18.8. The number of nitro benzene ring substituents is 1. The van der Waals surface area contributed by atoms with Gasteiger partial charge in [-0.15, -0.1) is 0 Å². The number of non-ortho nitro benzene ring substituents is 1. The average molecular weight is 444 g/mol. The Balaban J connectivity index is 1.95. The number of aryl methyl sites for hydroxylation is 1. The minimum Gasteiger partial charge on any atom is -0.494 e. The molecule has 33 heavy (non-hydrogen) atoms. The standard InChI is InChI=1S/C25H24N4O4/c1-16-12-20(13-21(15-26)25(30)27-17(2)19-8-6-5-7-9-19)18(3)28(16)23-11-10-22(29(31)32)14-24(23)33-4/h5-14,17H,1-4H3,(H,27,30)/b21-13-/t17-/m1/s1. The van der Waals surface area contributed by atoms with E-state index in [0.717, 1.165) is 17.0 Å². The number of carbonyl (C=O) groups excluding carboxylic acids is 1. The molecular formula is C25H24N4O4. The maximum absolute atomic E-state index is 12.7. The molecule has 1 atom stereocenters. The molecule has 0 aliphatic rings. The molecule has 0 saturated heterocycles. The predicted octanol–water partition coefficient (Wildman–Crippen LogP) is 4.80. The predicted molar refractivity (Wildman–Crippen MR) is 125 cm³/mol. The molecule has 1 amide bonds. The minimum atomic E-state index is -0.482. The Labute approximate surface area is 191 Å². The van der Waals surface area contributed by atoms with Gasteiger partial charge in [-0.1, -0.05) is 30.3 Å². The van der Waals surface area contributed by atoms with Crippen LogP contribution >= 0.6 is 0 Å². The zero-order chi connectivity index (χ0) is 24.1. The Kier molecular flexibility index (Phi) is 6.94. The van der Waals surface area contributed by atoms with Crippen LogP contribution in [0.5, 0.6) is 5.75 Å². The number of ether oxygens (including phenoxy) is 1. The lowest BCUT2D eigenvalue weighted by Crippen LogP contribution is -2.27. The average Bonchev–Trinajstić information content (AvgIpc) is 3.09. The molecular weight excluding hydrogens is 420 g/mol. The van der Waals surface area contributed by atoms with E-state index >= 15 is 0 Å². The van der Waals surface area contributed by atoms with Crippen LogP contribution in [0.1, 0.15) is 35.5 Å². The van der Waals surface area contributed by atoms with E-state index in [2.05, 4.69) is 5.32 Å². The van der Waals surface area contributed by atoms with Crippen LogP contribution in [-0.2, 0) is 4.79 Å². The first-order valence-electron chi connectivity index (χ1n) is 10.3. The highest BCUT2D eigenvalue weighted by Gasteiger charge is 2.19. The molecule has 0 fully saturated rings. The summed E-state index contributed by atoms with van der Waals surface area (Å²) in [6.07, 6.45) is 1.55. The molecule has 0 radical (unpaired) electrons. The van der Waals surface area contributed by atoms with Gasteiger partial charge in [-0.2, -0.15) is 5.26 Å². The highest BCUT2D eigenvalue weighted by atomic mass is 16.6. The maximum atomic E-state index is 12.7. The molecule has 1 heterocycles. The second-order valence-corrected chi connectivity index (χ2v) is 7.55. The lowest BCUT2D eigenvalue weighted by molar-refractivity contribution is -0.384. The van der Waals surface area contributed by atoms with Crippen LogP contribution in [0.4, 0.5) is 5.69 Å². The molecule has 168 valence electrons. The fourth-order valence-corrected chi connectivity index (χ4v) is 3.67. The maximum Gasteiger partial charge on any atom is 0.273 e. The van der Waals surface area contributed by atoms with Crippen molar-refractivity contribution >= 4 is 17.7 Å². The first kappa shape index (κ1) is 23.3. The van der Waals surface area contributed by atoms with Crippen molar-refractivity contribution in [2.24, 2.45) is 0 Å². The Morgan fingerprint density at radius 3 is 2.52 bits per heavy atom. The molecule has 2 aromatic carbocycles. The highest BCUT2D eigenvalue weighted by molar-refractivity contribution is 6.02. The van der Waals surface area contributed by atoms with Crippen LogP contribution in [0.15, 0.2) is 60.2 Å². The van der Waals surface area contributed by atoms with Crippen molar-refractivity contribution in [3.63, 3.8) is 0 Å². The summed E-state index contributed by atoms with van der Waals surface area (Å²) < 4.78 is 7.25. The fraction of sp³-hybridized carbons (Fsp3) is 0.200. The number of methoxy groups -OCH3 is 1. The second-order valence-electron chi connectivity index (χ2n) is 7.55. The first-order chi connectivity index (χ1) is 15.8. The number of nitro groups is 1. The van der Waals surface area contributed by atoms with E-state index in [0.29, 0.717) is 17.0 Å². The van der Waals surface area contributed by atoms with Crippen molar-refractivity contribution in [3.05, 3.63) is 92.8 Å². The zero-order valence-electron chi connectivity index (χ0n) is 18.8. The third kappa shape index (κ3) is 4.93. The van der Waals surface area contributed by atoms with Crippen molar-refractivity contribution < 1.29 is 14.5 Å².